The van der Waals surface area contributed by atoms with Gasteiger partial charge in [0.1, 0.15) is 5.38 Å². The molecule has 0 aromatic carbocycles. The molecular formula is C11H20ClNO. The number of piperidine rings is 1. The average Bonchev–Trinajstić information content (AvgIpc) is 2.14. The highest BCUT2D eigenvalue weighted by Crippen LogP contribution is 2.22. The third-order valence-corrected chi connectivity index (χ3v) is 3.30. The SMILES string of the molecule is CC[C@H](Cl)C(=O)N1C[C@@H](C)C[C@H](C)C1. The number of hydrogen-bond donors (Lipinski definition) is 0. The van der Waals surface area contributed by atoms with Gasteiger partial charge in [-0.15, -0.1) is 11.6 Å². The molecule has 14 heavy (non-hydrogen) atoms. The Morgan fingerprint density at radius 1 is 1.43 bits per heavy atom. The lowest BCUT2D eigenvalue weighted by molar-refractivity contribution is -0.133. The first kappa shape index (κ1) is 11.8. The zero-order valence-electron chi connectivity index (χ0n) is 9.29. The average molecular weight is 218 g/mol. The standard InChI is InChI=1S/C11H20ClNO/c1-4-10(12)11(14)13-6-8(2)5-9(3)7-13/h8-10H,4-7H2,1-3H3/t8-,9-,10-/m0/s1. The maximum Gasteiger partial charge on any atom is 0.240 e. The van der Waals surface area contributed by atoms with Crippen LogP contribution in [0.3, 0.4) is 0 Å². The van der Waals surface area contributed by atoms with Gasteiger partial charge in [-0.25, -0.2) is 0 Å². The summed E-state index contributed by atoms with van der Waals surface area (Å²) in [6.07, 6.45) is 1.95. The van der Waals surface area contributed by atoms with E-state index in [0.717, 1.165) is 19.5 Å². The van der Waals surface area contributed by atoms with Gasteiger partial charge in [-0.3, -0.25) is 4.79 Å². The van der Waals surface area contributed by atoms with Crippen LogP contribution in [0.15, 0.2) is 0 Å². The van der Waals surface area contributed by atoms with Crippen molar-refractivity contribution in [3.8, 4) is 0 Å². The summed E-state index contributed by atoms with van der Waals surface area (Å²) in [5.41, 5.74) is 0. The number of halogens is 1. The van der Waals surface area contributed by atoms with Gasteiger partial charge in [0.25, 0.3) is 0 Å². The van der Waals surface area contributed by atoms with Crippen LogP contribution in [0.5, 0.6) is 0 Å². The van der Waals surface area contributed by atoms with Gasteiger partial charge < -0.3 is 4.90 Å². The fourth-order valence-electron chi connectivity index (χ4n) is 2.22. The predicted octanol–water partition coefficient (Wildman–Crippen LogP) is 2.51. The first-order valence-electron chi connectivity index (χ1n) is 5.47. The molecule has 1 saturated heterocycles. The Kier molecular flexibility index (Phi) is 4.24. The van der Waals surface area contributed by atoms with Gasteiger partial charge in [0, 0.05) is 13.1 Å². The fraction of sp³-hybridized carbons (Fsp3) is 0.909. The molecule has 0 N–H and O–H groups in total. The normalized spacial score (nSPS) is 30.1. The van der Waals surface area contributed by atoms with Crippen molar-refractivity contribution in [1.29, 1.82) is 0 Å². The zero-order chi connectivity index (χ0) is 10.7. The van der Waals surface area contributed by atoms with Crippen LogP contribution in [-0.2, 0) is 4.79 Å². The molecule has 3 atom stereocenters. The van der Waals surface area contributed by atoms with Crippen LogP contribution in [0.25, 0.3) is 0 Å². The van der Waals surface area contributed by atoms with Crippen LogP contribution >= 0.6 is 11.6 Å². The number of hydrogen-bond acceptors (Lipinski definition) is 1. The fourth-order valence-corrected chi connectivity index (χ4v) is 2.35. The molecule has 2 nitrogen and oxygen atoms in total. The predicted molar refractivity (Wildman–Crippen MR) is 59.5 cm³/mol. The molecule has 82 valence electrons. The number of amides is 1. The molecule has 0 aromatic heterocycles. The number of likely N-dealkylation sites (tertiary alicyclic amines) is 1. The van der Waals surface area contributed by atoms with E-state index in [2.05, 4.69) is 13.8 Å². The van der Waals surface area contributed by atoms with Gasteiger partial charge in [-0.05, 0) is 24.7 Å². The van der Waals surface area contributed by atoms with E-state index in [1.54, 1.807) is 0 Å². The van der Waals surface area contributed by atoms with Gasteiger partial charge in [-0.2, -0.15) is 0 Å². The summed E-state index contributed by atoms with van der Waals surface area (Å²) in [6, 6.07) is 0. The van der Waals surface area contributed by atoms with Crippen LogP contribution in [0, 0.1) is 11.8 Å². The van der Waals surface area contributed by atoms with E-state index < -0.39 is 0 Å². The monoisotopic (exact) mass is 217 g/mol. The lowest BCUT2D eigenvalue weighted by Gasteiger charge is -2.35. The number of nitrogens with zero attached hydrogens (tertiary/aromatic N) is 1. The van der Waals surface area contributed by atoms with E-state index in [9.17, 15) is 4.79 Å². The summed E-state index contributed by atoms with van der Waals surface area (Å²) < 4.78 is 0. The summed E-state index contributed by atoms with van der Waals surface area (Å²) in [5, 5.41) is -0.326. The van der Waals surface area contributed by atoms with Crippen LogP contribution in [0.2, 0.25) is 0 Å². The highest BCUT2D eigenvalue weighted by Gasteiger charge is 2.28. The minimum atomic E-state index is -0.326. The molecule has 0 saturated carbocycles. The first-order chi connectivity index (χ1) is 6.54. The van der Waals surface area contributed by atoms with Gasteiger partial charge in [-0.1, -0.05) is 20.8 Å². The molecule has 1 aliphatic heterocycles. The van der Waals surface area contributed by atoms with E-state index >= 15 is 0 Å². The van der Waals surface area contributed by atoms with Crippen LogP contribution in [0.4, 0.5) is 0 Å². The number of rotatable bonds is 2. The topological polar surface area (TPSA) is 20.3 Å². The Balaban J connectivity index is 2.54. The van der Waals surface area contributed by atoms with Crippen LogP contribution in [0.1, 0.15) is 33.6 Å². The van der Waals surface area contributed by atoms with Crippen molar-refractivity contribution in [2.45, 2.75) is 39.0 Å². The van der Waals surface area contributed by atoms with E-state index in [-0.39, 0.29) is 11.3 Å². The van der Waals surface area contributed by atoms with E-state index in [1.165, 1.54) is 6.42 Å². The Hall–Kier alpha value is -0.240. The third-order valence-electron chi connectivity index (χ3n) is 2.81. The summed E-state index contributed by atoms with van der Waals surface area (Å²) in [6.45, 7) is 8.11. The van der Waals surface area contributed by atoms with Crippen LogP contribution < -0.4 is 0 Å². The lowest BCUT2D eigenvalue weighted by Crippen LogP contribution is -2.45. The smallest absolute Gasteiger partial charge is 0.240 e. The molecule has 1 aliphatic rings. The van der Waals surface area contributed by atoms with Crippen molar-refractivity contribution in [2.75, 3.05) is 13.1 Å². The second kappa shape index (κ2) is 5.01. The Labute approximate surface area is 91.6 Å². The van der Waals surface area contributed by atoms with Crippen molar-refractivity contribution in [1.82, 2.24) is 4.90 Å². The molecule has 0 radical (unpaired) electrons. The minimum Gasteiger partial charge on any atom is -0.341 e. The van der Waals surface area contributed by atoms with Crippen molar-refractivity contribution >= 4 is 17.5 Å². The maximum absolute atomic E-state index is 11.8. The molecule has 0 aliphatic carbocycles. The molecule has 1 heterocycles. The van der Waals surface area contributed by atoms with Gasteiger partial charge in [0.2, 0.25) is 5.91 Å². The molecular weight excluding hydrogens is 198 g/mol. The second-order valence-corrected chi connectivity index (χ2v) is 5.09. The molecule has 3 heteroatoms. The van der Waals surface area contributed by atoms with Gasteiger partial charge in [0.05, 0.1) is 0 Å². The molecule has 1 fully saturated rings. The number of carbonyl (C=O) groups is 1. The van der Waals surface area contributed by atoms with Crippen LogP contribution in [-0.4, -0.2) is 29.3 Å². The van der Waals surface area contributed by atoms with E-state index in [0.29, 0.717) is 11.8 Å². The summed E-state index contributed by atoms with van der Waals surface area (Å²) in [7, 11) is 0. The van der Waals surface area contributed by atoms with Gasteiger partial charge in [0.15, 0.2) is 0 Å². The lowest BCUT2D eigenvalue weighted by atomic mass is 9.91. The maximum atomic E-state index is 11.8. The molecule has 0 spiro atoms. The highest BCUT2D eigenvalue weighted by molar-refractivity contribution is 6.30. The van der Waals surface area contributed by atoms with Gasteiger partial charge >= 0.3 is 0 Å². The van der Waals surface area contributed by atoms with E-state index in [1.807, 2.05) is 11.8 Å². The zero-order valence-corrected chi connectivity index (χ0v) is 10.0. The summed E-state index contributed by atoms with van der Waals surface area (Å²) >= 11 is 5.95. The summed E-state index contributed by atoms with van der Waals surface area (Å²) in [5.74, 6) is 1.35. The van der Waals surface area contributed by atoms with Crippen molar-refractivity contribution in [3.63, 3.8) is 0 Å². The molecule has 0 unspecified atom stereocenters. The molecule has 0 aromatic rings. The Morgan fingerprint density at radius 2 is 1.93 bits per heavy atom. The first-order valence-corrected chi connectivity index (χ1v) is 5.91. The van der Waals surface area contributed by atoms with E-state index in [4.69, 9.17) is 11.6 Å². The highest BCUT2D eigenvalue weighted by atomic mass is 35.5. The molecule has 1 amide bonds. The third kappa shape index (κ3) is 2.88. The second-order valence-electron chi connectivity index (χ2n) is 4.57. The number of alkyl halides is 1. The molecule has 0 bridgehead atoms. The molecule has 1 rings (SSSR count). The van der Waals surface area contributed by atoms with Crippen molar-refractivity contribution in [2.24, 2.45) is 11.8 Å². The van der Waals surface area contributed by atoms with Crippen molar-refractivity contribution < 1.29 is 4.79 Å². The van der Waals surface area contributed by atoms with Crippen molar-refractivity contribution in [3.05, 3.63) is 0 Å². The minimum absolute atomic E-state index is 0.118. The Bertz CT molecular complexity index is 197. The largest absolute Gasteiger partial charge is 0.341 e. The summed E-state index contributed by atoms with van der Waals surface area (Å²) in [4.78, 5) is 13.7. The Morgan fingerprint density at radius 3 is 2.36 bits per heavy atom. The number of carbonyl (C=O) groups excluding carboxylic acids is 1. The quantitative estimate of drug-likeness (QED) is 0.651.